The fourth-order valence-corrected chi connectivity index (χ4v) is 5.57. The van der Waals surface area contributed by atoms with Crippen LogP contribution in [0.1, 0.15) is 65.9 Å². The third-order valence-corrected chi connectivity index (χ3v) is 7.67. The second-order valence-electron chi connectivity index (χ2n) is 9.24. The molecule has 0 saturated heterocycles. The number of ether oxygens (including phenoxy) is 2. The Hall–Kier alpha value is -2.63. The molecule has 1 aliphatic rings. The Morgan fingerprint density at radius 3 is 2.66 bits per heavy atom. The van der Waals surface area contributed by atoms with Gasteiger partial charge in [-0.3, -0.25) is 4.90 Å². The van der Waals surface area contributed by atoms with E-state index in [1.54, 1.807) is 6.07 Å². The van der Waals surface area contributed by atoms with Gasteiger partial charge in [-0.15, -0.1) is 11.3 Å². The van der Waals surface area contributed by atoms with Crippen LogP contribution in [0.5, 0.6) is 11.5 Å². The molecule has 4 nitrogen and oxygen atoms in total. The van der Waals surface area contributed by atoms with Crippen LogP contribution in [0.3, 0.4) is 0 Å². The molecular formula is C30H37NO3S. The molecule has 1 aromatic heterocycles. The normalized spacial score (nSPS) is 15.1. The molecular weight excluding hydrogens is 454 g/mol. The van der Waals surface area contributed by atoms with Gasteiger partial charge in [0, 0.05) is 17.5 Å². The molecule has 4 rings (SSSR count). The van der Waals surface area contributed by atoms with E-state index in [2.05, 4.69) is 42.3 Å². The van der Waals surface area contributed by atoms with Gasteiger partial charge in [0.1, 0.15) is 17.1 Å². The summed E-state index contributed by atoms with van der Waals surface area (Å²) in [5, 5.41) is 2.16. The Morgan fingerprint density at radius 1 is 1.00 bits per heavy atom. The Labute approximate surface area is 213 Å². The van der Waals surface area contributed by atoms with Crippen molar-refractivity contribution in [3.8, 4) is 11.5 Å². The van der Waals surface area contributed by atoms with Gasteiger partial charge in [-0.05, 0) is 85.8 Å². The van der Waals surface area contributed by atoms with E-state index in [-0.39, 0.29) is 5.97 Å². The molecule has 1 aliphatic carbocycles. The number of rotatable bonds is 12. The highest BCUT2D eigenvalue weighted by molar-refractivity contribution is 7.09. The van der Waals surface area contributed by atoms with Crippen LogP contribution in [-0.2, 0) is 19.3 Å². The van der Waals surface area contributed by atoms with Crippen LogP contribution in [0.25, 0.3) is 0 Å². The summed E-state index contributed by atoms with van der Waals surface area (Å²) in [6.07, 6.45) is 7.29. The van der Waals surface area contributed by atoms with E-state index in [9.17, 15) is 4.79 Å². The maximum Gasteiger partial charge on any atom is 0.347 e. The number of unbranched alkanes of at least 4 members (excludes halogenated alkanes) is 1. The molecule has 0 bridgehead atoms. The minimum Gasteiger partial charge on any atom is -0.493 e. The van der Waals surface area contributed by atoms with E-state index in [0.717, 1.165) is 58.0 Å². The van der Waals surface area contributed by atoms with Crippen molar-refractivity contribution in [2.45, 2.75) is 64.8 Å². The van der Waals surface area contributed by atoms with Gasteiger partial charge < -0.3 is 9.47 Å². The van der Waals surface area contributed by atoms with Gasteiger partial charge in [-0.2, -0.15) is 0 Å². The number of fused-ring (bicyclic) bond motifs is 1. The highest BCUT2D eigenvalue weighted by atomic mass is 32.1. The number of thiophene rings is 1. The van der Waals surface area contributed by atoms with Crippen LogP contribution < -0.4 is 9.47 Å². The molecule has 1 unspecified atom stereocenters. The van der Waals surface area contributed by atoms with Gasteiger partial charge in [0.25, 0.3) is 0 Å². The second-order valence-corrected chi connectivity index (χ2v) is 10.3. The third kappa shape index (κ3) is 6.74. The van der Waals surface area contributed by atoms with Crippen molar-refractivity contribution in [3.05, 3.63) is 81.5 Å². The maximum atomic E-state index is 13.1. The number of nitrogens with zero attached hydrogens (tertiary/aromatic N) is 1. The molecule has 35 heavy (non-hydrogen) atoms. The van der Waals surface area contributed by atoms with Crippen LogP contribution in [-0.4, -0.2) is 36.6 Å². The van der Waals surface area contributed by atoms with Gasteiger partial charge in [0.2, 0.25) is 0 Å². The van der Waals surface area contributed by atoms with Crippen LogP contribution in [0.4, 0.5) is 0 Å². The Balaban J connectivity index is 1.44. The Morgan fingerprint density at radius 2 is 1.86 bits per heavy atom. The molecule has 186 valence electrons. The Kier molecular flexibility index (Phi) is 9.38. The topological polar surface area (TPSA) is 38.8 Å². The van der Waals surface area contributed by atoms with Crippen LogP contribution in [0.15, 0.2) is 60.0 Å². The van der Waals surface area contributed by atoms with Crippen molar-refractivity contribution in [1.82, 2.24) is 4.90 Å². The number of benzene rings is 2. The van der Waals surface area contributed by atoms with E-state index < -0.39 is 0 Å². The van der Waals surface area contributed by atoms with Crippen LogP contribution in [0, 0.1) is 0 Å². The van der Waals surface area contributed by atoms with Crippen molar-refractivity contribution >= 4 is 17.3 Å². The quantitative estimate of drug-likeness (QED) is 0.156. The van der Waals surface area contributed by atoms with Crippen LogP contribution in [0.2, 0.25) is 0 Å². The molecule has 1 atom stereocenters. The third-order valence-electron chi connectivity index (χ3n) is 6.73. The highest BCUT2D eigenvalue weighted by Crippen LogP contribution is 2.33. The van der Waals surface area contributed by atoms with E-state index in [1.165, 1.54) is 16.0 Å². The molecule has 0 saturated carbocycles. The average Bonchev–Trinajstić information content (AvgIpc) is 3.40. The molecule has 5 heteroatoms. The molecule has 0 N–H and O–H groups in total. The van der Waals surface area contributed by atoms with Gasteiger partial charge >= 0.3 is 5.97 Å². The number of hydrogen-bond donors (Lipinski definition) is 0. The average molecular weight is 492 g/mol. The lowest BCUT2D eigenvalue weighted by Gasteiger charge is -2.35. The SMILES string of the molecule is CCCCOc1ccccc1C(=O)Oc1cccc2c1CCC(N(CCC)CCc1cccs1)C2. The first-order chi connectivity index (χ1) is 17.2. The van der Waals surface area contributed by atoms with Crippen molar-refractivity contribution in [2.24, 2.45) is 0 Å². The predicted molar refractivity (Wildman–Crippen MR) is 144 cm³/mol. The number of esters is 1. The number of para-hydroxylation sites is 1. The maximum absolute atomic E-state index is 13.1. The molecule has 0 fully saturated rings. The summed E-state index contributed by atoms with van der Waals surface area (Å²) < 4.78 is 11.8. The van der Waals surface area contributed by atoms with Crippen molar-refractivity contribution in [2.75, 3.05) is 19.7 Å². The molecule has 0 radical (unpaired) electrons. The summed E-state index contributed by atoms with van der Waals surface area (Å²) in [6.45, 7) is 7.20. The molecule has 1 heterocycles. The van der Waals surface area contributed by atoms with Gasteiger partial charge in [-0.1, -0.05) is 50.6 Å². The number of carbonyl (C=O) groups is 1. The zero-order chi connectivity index (χ0) is 24.5. The van der Waals surface area contributed by atoms with E-state index in [4.69, 9.17) is 9.47 Å². The van der Waals surface area contributed by atoms with E-state index in [0.29, 0.717) is 29.7 Å². The monoisotopic (exact) mass is 491 g/mol. The minimum atomic E-state index is -0.351. The van der Waals surface area contributed by atoms with Crippen LogP contribution >= 0.6 is 11.3 Å². The molecule has 0 spiro atoms. The fourth-order valence-electron chi connectivity index (χ4n) is 4.88. The first kappa shape index (κ1) is 25.5. The smallest absolute Gasteiger partial charge is 0.347 e. The van der Waals surface area contributed by atoms with E-state index in [1.807, 2.05) is 41.7 Å². The first-order valence-electron chi connectivity index (χ1n) is 13.0. The lowest BCUT2D eigenvalue weighted by molar-refractivity contribution is 0.0727. The zero-order valence-electron chi connectivity index (χ0n) is 21.0. The van der Waals surface area contributed by atoms with Gasteiger partial charge in [-0.25, -0.2) is 4.79 Å². The molecule has 2 aromatic carbocycles. The fraction of sp³-hybridized carbons (Fsp3) is 0.433. The van der Waals surface area contributed by atoms with Crippen molar-refractivity contribution in [1.29, 1.82) is 0 Å². The number of hydrogen-bond acceptors (Lipinski definition) is 5. The summed E-state index contributed by atoms with van der Waals surface area (Å²) in [6, 6.07) is 18.4. The largest absolute Gasteiger partial charge is 0.493 e. The summed E-state index contributed by atoms with van der Waals surface area (Å²) in [4.78, 5) is 17.2. The summed E-state index contributed by atoms with van der Waals surface area (Å²) >= 11 is 1.85. The highest BCUT2D eigenvalue weighted by Gasteiger charge is 2.27. The molecule has 0 amide bonds. The predicted octanol–water partition coefficient (Wildman–Crippen LogP) is 6.96. The lowest BCUT2D eigenvalue weighted by Crippen LogP contribution is -2.41. The first-order valence-corrected chi connectivity index (χ1v) is 13.9. The summed E-state index contributed by atoms with van der Waals surface area (Å²) in [5.41, 5.74) is 2.96. The Bertz CT molecular complexity index is 1080. The van der Waals surface area contributed by atoms with Gasteiger partial charge in [0.05, 0.1) is 6.61 Å². The lowest BCUT2D eigenvalue weighted by atomic mass is 9.86. The molecule has 0 aliphatic heterocycles. The summed E-state index contributed by atoms with van der Waals surface area (Å²) in [5.74, 6) is 0.933. The van der Waals surface area contributed by atoms with Crippen molar-refractivity contribution in [3.63, 3.8) is 0 Å². The minimum absolute atomic E-state index is 0.351. The second kappa shape index (κ2) is 12.9. The van der Waals surface area contributed by atoms with Crippen molar-refractivity contribution < 1.29 is 14.3 Å². The zero-order valence-corrected chi connectivity index (χ0v) is 21.8. The van der Waals surface area contributed by atoms with E-state index >= 15 is 0 Å². The summed E-state index contributed by atoms with van der Waals surface area (Å²) in [7, 11) is 0. The van der Waals surface area contributed by atoms with Gasteiger partial charge in [0.15, 0.2) is 0 Å². The standard InChI is InChI=1S/C30H37NO3S/c1-3-5-20-33-28-13-7-6-12-27(28)30(32)34-29-14-8-10-23-22-24(15-16-26(23)29)31(18-4-2)19-17-25-11-9-21-35-25/h6-14,21,24H,3-5,15-20,22H2,1-2H3. The number of carbonyl (C=O) groups excluding carboxylic acids is 1. The molecule has 3 aromatic rings.